The van der Waals surface area contributed by atoms with Crippen molar-refractivity contribution in [2.75, 3.05) is 11.9 Å². The van der Waals surface area contributed by atoms with Gasteiger partial charge in [0.05, 0.1) is 5.69 Å². The van der Waals surface area contributed by atoms with Crippen LogP contribution in [0, 0.1) is 8.99 Å². The molecular weight excluding hydrogens is 481 g/mol. The lowest BCUT2D eigenvalue weighted by atomic mass is 9.79. The van der Waals surface area contributed by atoms with Crippen LogP contribution in [0.3, 0.4) is 0 Å². The molecule has 0 aliphatic heterocycles. The minimum atomic E-state index is -0.737. The molecule has 0 heterocycles. The summed E-state index contributed by atoms with van der Waals surface area (Å²) in [7, 11) is 0. The minimum absolute atomic E-state index is 0.0531. The summed E-state index contributed by atoms with van der Waals surface area (Å²) in [4.78, 5) is 12.8. The van der Waals surface area contributed by atoms with E-state index >= 15 is 0 Å². The normalized spacial score (nSPS) is 12.6. The van der Waals surface area contributed by atoms with Crippen LogP contribution in [0.5, 0.6) is 5.75 Å². The number of benzene rings is 3. The van der Waals surface area contributed by atoms with Gasteiger partial charge < -0.3 is 14.9 Å². The molecule has 3 aromatic rings. The Morgan fingerprint density at radius 3 is 2.62 bits per heavy atom. The van der Waals surface area contributed by atoms with Gasteiger partial charge >= 0.3 is 6.09 Å². The summed E-state index contributed by atoms with van der Waals surface area (Å²) in [5.74, 6) is 0.0550. The Balaban J connectivity index is 1.91. The van der Waals surface area contributed by atoms with E-state index in [9.17, 15) is 15.0 Å². The van der Waals surface area contributed by atoms with Crippen LogP contribution in [-0.4, -0.2) is 22.9 Å². The maximum absolute atomic E-state index is 12.8. The summed E-state index contributed by atoms with van der Waals surface area (Å²) in [5, 5.41) is 24.6. The fraction of sp³-hybridized carbons (Fsp3) is 0.261. The first kappa shape index (κ1) is 21.4. The molecule has 0 saturated heterocycles. The molecule has 0 spiro atoms. The molecule has 0 fully saturated rings. The Hall–Kier alpha value is -2.32. The highest BCUT2D eigenvalue weighted by Gasteiger charge is 2.36. The summed E-state index contributed by atoms with van der Waals surface area (Å²) in [6.45, 7) is 3.75. The monoisotopic (exact) mass is 505 g/mol. The summed E-state index contributed by atoms with van der Waals surface area (Å²) in [6.07, 6.45) is -0.945. The number of rotatable bonds is 6. The molecule has 5 nitrogen and oxygen atoms in total. The summed E-state index contributed by atoms with van der Waals surface area (Å²) in [6, 6.07) is 18.6. The smallest absolute Gasteiger partial charge is 0.412 e. The molecule has 3 N–H and O–H groups in total. The molecule has 0 unspecified atom stereocenters. The van der Waals surface area contributed by atoms with E-state index in [0.717, 1.165) is 14.3 Å². The minimum Gasteiger partial charge on any atom is -0.508 e. The number of phenolic OH excluding ortho intramolecular Hbond substituents is 1. The number of hydrogen-bond donors (Lipinski definition) is 3. The predicted octanol–water partition coefficient (Wildman–Crippen LogP) is 5.85. The zero-order valence-electron chi connectivity index (χ0n) is 16.4. The highest BCUT2D eigenvalue weighted by atomic mass is 127. The highest BCUT2D eigenvalue weighted by molar-refractivity contribution is 14.1. The molecule has 0 aliphatic rings. The van der Waals surface area contributed by atoms with Crippen LogP contribution in [0.4, 0.5) is 10.5 Å². The molecule has 6 heteroatoms. The maximum atomic E-state index is 12.8. The van der Waals surface area contributed by atoms with Crippen molar-refractivity contribution in [3.05, 3.63) is 69.8 Å². The van der Waals surface area contributed by atoms with E-state index in [1.54, 1.807) is 18.2 Å². The summed E-state index contributed by atoms with van der Waals surface area (Å²) < 4.78 is 6.73. The summed E-state index contributed by atoms with van der Waals surface area (Å²) in [5.41, 5.74) is 0.578. The van der Waals surface area contributed by atoms with E-state index in [-0.39, 0.29) is 12.4 Å². The summed E-state index contributed by atoms with van der Waals surface area (Å²) >= 11 is 2.15. The molecule has 29 heavy (non-hydrogen) atoms. The first-order valence-electron chi connectivity index (χ1n) is 9.36. The van der Waals surface area contributed by atoms with Gasteiger partial charge in [-0.3, -0.25) is 5.32 Å². The molecule has 0 saturated carbocycles. The molecule has 152 valence electrons. The van der Waals surface area contributed by atoms with E-state index in [2.05, 4.69) is 27.9 Å². The molecular formula is C23H24INO4. The average Bonchev–Trinajstić information content (AvgIpc) is 2.68. The van der Waals surface area contributed by atoms with Gasteiger partial charge in [-0.2, -0.15) is 0 Å². The van der Waals surface area contributed by atoms with Crippen LogP contribution in [0.25, 0.3) is 10.8 Å². The van der Waals surface area contributed by atoms with Crippen LogP contribution in [-0.2, 0) is 4.74 Å². The van der Waals surface area contributed by atoms with Crippen molar-refractivity contribution >= 4 is 45.1 Å². The predicted molar refractivity (Wildman–Crippen MR) is 123 cm³/mol. The van der Waals surface area contributed by atoms with Crippen molar-refractivity contribution in [2.45, 2.75) is 26.4 Å². The number of fused-ring (bicyclic) bond motifs is 1. The lowest BCUT2D eigenvalue weighted by Gasteiger charge is -2.34. The standard InChI is InChI=1S/C23H24INO4/c1-23(2,12-13-26)21(18-14-16(24)10-11-20(18)27)29-22(28)25-19-9-5-7-15-6-3-4-8-17(15)19/h3-11,14,21,26-27H,12-13H2,1-2H3,(H,25,28)/t21-/m0/s1. The Bertz CT molecular complexity index is 1010. The van der Waals surface area contributed by atoms with Gasteiger partial charge in [0, 0.05) is 26.5 Å². The van der Waals surface area contributed by atoms with Crippen molar-refractivity contribution < 1.29 is 19.7 Å². The topological polar surface area (TPSA) is 78.8 Å². The van der Waals surface area contributed by atoms with Crippen molar-refractivity contribution in [3.63, 3.8) is 0 Å². The Labute approximate surface area is 183 Å². The second-order valence-electron chi connectivity index (χ2n) is 7.60. The zero-order valence-corrected chi connectivity index (χ0v) is 18.5. The van der Waals surface area contributed by atoms with E-state index in [0.29, 0.717) is 17.7 Å². The second kappa shape index (κ2) is 9.00. The van der Waals surface area contributed by atoms with Gasteiger partial charge in [-0.25, -0.2) is 4.79 Å². The molecule has 0 radical (unpaired) electrons. The van der Waals surface area contributed by atoms with Gasteiger partial charge in [0.1, 0.15) is 11.9 Å². The lowest BCUT2D eigenvalue weighted by molar-refractivity contribution is 0.0139. The molecule has 1 atom stereocenters. The van der Waals surface area contributed by atoms with E-state index in [1.807, 2.05) is 56.3 Å². The first-order chi connectivity index (χ1) is 13.8. The van der Waals surface area contributed by atoms with Gasteiger partial charge in [0.2, 0.25) is 0 Å². The molecule has 0 bridgehead atoms. The zero-order chi connectivity index (χ0) is 21.0. The number of aromatic hydroxyl groups is 1. The number of ether oxygens (including phenoxy) is 1. The number of hydrogen-bond acceptors (Lipinski definition) is 4. The third-order valence-electron chi connectivity index (χ3n) is 4.99. The first-order valence-corrected chi connectivity index (χ1v) is 10.4. The van der Waals surface area contributed by atoms with Gasteiger partial charge in [0.25, 0.3) is 0 Å². The fourth-order valence-electron chi connectivity index (χ4n) is 3.38. The Morgan fingerprint density at radius 1 is 1.14 bits per heavy atom. The van der Waals surface area contributed by atoms with E-state index in [4.69, 9.17) is 4.74 Å². The lowest BCUT2D eigenvalue weighted by Crippen LogP contribution is -2.30. The van der Waals surface area contributed by atoms with Crippen LogP contribution < -0.4 is 5.32 Å². The number of aliphatic hydroxyl groups is 1. The van der Waals surface area contributed by atoms with Gasteiger partial charge in [-0.15, -0.1) is 0 Å². The van der Waals surface area contributed by atoms with E-state index in [1.165, 1.54) is 0 Å². The largest absolute Gasteiger partial charge is 0.508 e. The van der Waals surface area contributed by atoms with Crippen LogP contribution in [0.1, 0.15) is 31.9 Å². The number of nitrogens with one attached hydrogen (secondary N) is 1. The van der Waals surface area contributed by atoms with Gasteiger partial charge in [0.15, 0.2) is 0 Å². The van der Waals surface area contributed by atoms with Crippen LogP contribution in [0.15, 0.2) is 60.7 Å². The molecule has 3 rings (SSSR count). The molecule has 0 aromatic heterocycles. The molecule has 1 amide bonds. The number of amides is 1. The van der Waals surface area contributed by atoms with E-state index < -0.39 is 17.6 Å². The number of halogens is 1. The van der Waals surface area contributed by atoms with Gasteiger partial charge in [-0.1, -0.05) is 50.2 Å². The Morgan fingerprint density at radius 2 is 1.86 bits per heavy atom. The highest BCUT2D eigenvalue weighted by Crippen LogP contribution is 2.43. The van der Waals surface area contributed by atoms with Crippen molar-refractivity contribution in [3.8, 4) is 5.75 Å². The molecule has 0 aliphatic carbocycles. The number of carbonyl (C=O) groups is 1. The fourth-order valence-corrected chi connectivity index (χ4v) is 3.89. The number of anilines is 1. The number of aliphatic hydroxyl groups excluding tert-OH is 1. The molecule has 3 aromatic carbocycles. The third kappa shape index (κ3) is 5.00. The van der Waals surface area contributed by atoms with Crippen molar-refractivity contribution in [1.82, 2.24) is 0 Å². The van der Waals surface area contributed by atoms with Crippen LogP contribution >= 0.6 is 22.6 Å². The van der Waals surface area contributed by atoms with Gasteiger partial charge in [-0.05, 0) is 58.7 Å². The van der Waals surface area contributed by atoms with Crippen LogP contribution in [0.2, 0.25) is 0 Å². The average molecular weight is 505 g/mol. The van der Waals surface area contributed by atoms with Crippen molar-refractivity contribution in [2.24, 2.45) is 5.41 Å². The Kier molecular flexibility index (Phi) is 6.64. The quantitative estimate of drug-likeness (QED) is 0.368. The SMILES string of the molecule is CC(C)(CCO)[C@@H](OC(=O)Nc1cccc2ccccc12)c1cc(I)ccc1O. The second-order valence-corrected chi connectivity index (χ2v) is 8.85. The van der Waals surface area contributed by atoms with Crippen molar-refractivity contribution in [1.29, 1.82) is 0 Å². The maximum Gasteiger partial charge on any atom is 0.412 e. The third-order valence-corrected chi connectivity index (χ3v) is 5.66. The number of phenols is 1. The number of carbonyl (C=O) groups excluding carboxylic acids is 1.